The normalized spacial score (nSPS) is 10.8. The predicted octanol–water partition coefficient (Wildman–Crippen LogP) is 3.20. The van der Waals surface area contributed by atoms with Crippen LogP contribution in [0.3, 0.4) is 0 Å². The number of carbonyl (C=O) groups excluding carboxylic acids is 1. The SMILES string of the molecule is Cc1cc(C)c(OCC(=O)N/N=C\c2cccs2)c(C)c1. The molecule has 1 amide bonds. The van der Waals surface area contributed by atoms with Gasteiger partial charge in [-0.1, -0.05) is 23.8 Å². The van der Waals surface area contributed by atoms with Crippen molar-refractivity contribution >= 4 is 23.5 Å². The van der Waals surface area contributed by atoms with Gasteiger partial charge in [0, 0.05) is 4.88 Å². The highest BCUT2D eigenvalue weighted by molar-refractivity contribution is 7.11. The Labute approximate surface area is 128 Å². The monoisotopic (exact) mass is 302 g/mol. The molecule has 1 N–H and O–H groups in total. The van der Waals surface area contributed by atoms with Crippen molar-refractivity contribution in [3.05, 3.63) is 51.2 Å². The summed E-state index contributed by atoms with van der Waals surface area (Å²) in [5, 5.41) is 5.84. The van der Waals surface area contributed by atoms with Crippen molar-refractivity contribution in [2.75, 3.05) is 6.61 Å². The average molecular weight is 302 g/mol. The van der Waals surface area contributed by atoms with Gasteiger partial charge in [0.2, 0.25) is 0 Å². The summed E-state index contributed by atoms with van der Waals surface area (Å²) in [4.78, 5) is 12.7. The Bertz CT molecular complexity index is 625. The van der Waals surface area contributed by atoms with E-state index >= 15 is 0 Å². The third-order valence-electron chi connectivity index (χ3n) is 2.88. The summed E-state index contributed by atoms with van der Waals surface area (Å²) in [7, 11) is 0. The van der Waals surface area contributed by atoms with Crippen molar-refractivity contribution in [3.8, 4) is 5.75 Å². The summed E-state index contributed by atoms with van der Waals surface area (Å²) < 4.78 is 5.59. The quantitative estimate of drug-likeness (QED) is 0.681. The zero-order chi connectivity index (χ0) is 15.2. The van der Waals surface area contributed by atoms with Crippen molar-refractivity contribution < 1.29 is 9.53 Å². The Morgan fingerprint density at radius 1 is 1.33 bits per heavy atom. The molecule has 2 aromatic rings. The first-order chi connectivity index (χ1) is 10.1. The molecule has 0 aliphatic heterocycles. The Hall–Kier alpha value is -2.14. The largest absolute Gasteiger partial charge is 0.483 e. The Morgan fingerprint density at radius 3 is 2.67 bits per heavy atom. The van der Waals surface area contributed by atoms with Gasteiger partial charge in [0.05, 0.1) is 6.21 Å². The zero-order valence-electron chi connectivity index (χ0n) is 12.3. The summed E-state index contributed by atoms with van der Waals surface area (Å²) in [6.45, 7) is 5.94. The second kappa shape index (κ2) is 7.04. The minimum atomic E-state index is -0.276. The first kappa shape index (κ1) is 15.3. The molecule has 0 aliphatic rings. The minimum absolute atomic E-state index is 0.0491. The minimum Gasteiger partial charge on any atom is -0.483 e. The van der Waals surface area contributed by atoms with Crippen LogP contribution in [0.1, 0.15) is 21.6 Å². The number of aryl methyl sites for hydroxylation is 3. The lowest BCUT2D eigenvalue weighted by molar-refractivity contribution is -0.123. The van der Waals surface area contributed by atoms with Gasteiger partial charge in [0.25, 0.3) is 5.91 Å². The standard InChI is InChI=1S/C16H18N2O2S/c1-11-7-12(2)16(13(3)8-11)20-10-15(19)18-17-9-14-5-4-6-21-14/h4-9H,10H2,1-3H3,(H,18,19)/b17-9-. The van der Waals surface area contributed by atoms with Crippen molar-refractivity contribution in [3.63, 3.8) is 0 Å². The molecule has 1 heterocycles. The zero-order valence-corrected chi connectivity index (χ0v) is 13.2. The van der Waals surface area contributed by atoms with Crippen LogP contribution in [0.4, 0.5) is 0 Å². The van der Waals surface area contributed by atoms with Crippen LogP contribution in [0.25, 0.3) is 0 Å². The molecule has 1 aromatic carbocycles. The van der Waals surface area contributed by atoms with E-state index < -0.39 is 0 Å². The van der Waals surface area contributed by atoms with Crippen LogP contribution < -0.4 is 10.2 Å². The van der Waals surface area contributed by atoms with E-state index in [4.69, 9.17) is 4.74 Å². The van der Waals surface area contributed by atoms with Gasteiger partial charge in [-0.25, -0.2) is 5.43 Å². The molecular weight excluding hydrogens is 284 g/mol. The average Bonchev–Trinajstić information content (AvgIpc) is 2.90. The highest BCUT2D eigenvalue weighted by Crippen LogP contribution is 2.24. The number of hydrogen-bond acceptors (Lipinski definition) is 4. The molecule has 5 heteroatoms. The summed E-state index contributed by atoms with van der Waals surface area (Å²) in [6, 6.07) is 7.93. The highest BCUT2D eigenvalue weighted by Gasteiger charge is 2.07. The van der Waals surface area contributed by atoms with Crippen molar-refractivity contribution in [2.45, 2.75) is 20.8 Å². The van der Waals surface area contributed by atoms with Gasteiger partial charge in [-0.05, 0) is 43.3 Å². The van der Waals surface area contributed by atoms with Gasteiger partial charge in [-0.3, -0.25) is 4.79 Å². The van der Waals surface area contributed by atoms with Crippen LogP contribution in [-0.2, 0) is 4.79 Å². The maximum absolute atomic E-state index is 11.7. The first-order valence-corrected chi connectivity index (χ1v) is 7.50. The Morgan fingerprint density at radius 2 is 2.05 bits per heavy atom. The molecule has 21 heavy (non-hydrogen) atoms. The van der Waals surface area contributed by atoms with E-state index in [2.05, 4.69) is 10.5 Å². The van der Waals surface area contributed by atoms with Gasteiger partial charge in [0.15, 0.2) is 6.61 Å². The second-order valence-electron chi connectivity index (χ2n) is 4.83. The summed E-state index contributed by atoms with van der Waals surface area (Å²) >= 11 is 1.56. The fraction of sp³-hybridized carbons (Fsp3) is 0.250. The van der Waals surface area contributed by atoms with Crippen LogP contribution in [0, 0.1) is 20.8 Å². The van der Waals surface area contributed by atoms with Crippen molar-refractivity contribution in [2.24, 2.45) is 5.10 Å². The summed E-state index contributed by atoms with van der Waals surface area (Å²) in [5.74, 6) is 0.486. The summed E-state index contributed by atoms with van der Waals surface area (Å²) in [5.41, 5.74) is 5.70. The van der Waals surface area contributed by atoms with Gasteiger partial charge in [0.1, 0.15) is 5.75 Å². The molecule has 0 aliphatic carbocycles. The van der Waals surface area contributed by atoms with E-state index in [1.807, 2.05) is 50.4 Å². The lowest BCUT2D eigenvalue weighted by Crippen LogP contribution is -2.25. The summed E-state index contributed by atoms with van der Waals surface area (Å²) in [6.07, 6.45) is 1.62. The molecule has 110 valence electrons. The molecule has 4 nitrogen and oxygen atoms in total. The number of nitrogens with zero attached hydrogens (tertiary/aromatic N) is 1. The van der Waals surface area contributed by atoms with E-state index in [0.29, 0.717) is 0 Å². The smallest absolute Gasteiger partial charge is 0.277 e. The molecule has 0 atom stereocenters. The van der Waals surface area contributed by atoms with Gasteiger partial charge in [-0.15, -0.1) is 11.3 Å². The molecular formula is C16H18N2O2S. The van der Waals surface area contributed by atoms with E-state index in [9.17, 15) is 4.79 Å². The molecule has 0 saturated heterocycles. The molecule has 0 radical (unpaired) electrons. The van der Waals surface area contributed by atoms with E-state index in [-0.39, 0.29) is 12.5 Å². The van der Waals surface area contributed by atoms with Crippen LogP contribution in [0.5, 0.6) is 5.75 Å². The number of benzene rings is 1. The predicted molar refractivity (Wildman–Crippen MR) is 86.2 cm³/mol. The Kier molecular flexibility index (Phi) is 5.11. The van der Waals surface area contributed by atoms with E-state index in [1.165, 1.54) is 5.56 Å². The third-order valence-corrected chi connectivity index (χ3v) is 3.68. The van der Waals surface area contributed by atoms with Crippen LogP contribution >= 0.6 is 11.3 Å². The first-order valence-electron chi connectivity index (χ1n) is 6.62. The number of rotatable bonds is 5. The van der Waals surface area contributed by atoms with Crippen LogP contribution in [-0.4, -0.2) is 18.7 Å². The van der Waals surface area contributed by atoms with Gasteiger partial charge in [-0.2, -0.15) is 5.10 Å². The Balaban J connectivity index is 1.87. The molecule has 0 saturated carbocycles. The maximum atomic E-state index is 11.7. The number of ether oxygens (including phenoxy) is 1. The number of carbonyl (C=O) groups is 1. The van der Waals surface area contributed by atoms with Crippen LogP contribution in [0.2, 0.25) is 0 Å². The fourth-order valence-electron chi connectivity index (χ4n) is 2.10. The lowest BCUT2D eigenvalue weighted by Gasteiger charge is -2.12. The molecule has 0 bridgehead atoms. The topological polar surface area (TPSA) is 50.7 Å². The number of nitrogens with one attached hydrogen (secondary N) is 1. The number of amides is 1. The van der Waals surface area contributed by atoms with E-state index in [0.717, 1.165) is 21.8 Å². The molecule has 0 fully saturated rings. The van der Waals surface area contributed by atoms with Gasteiger partial charge < -0.3 is 4.74 Å². The lowest BCUT2D eigenvalue weighted by atomic mass is 10.1. The molecule has 0 spiro atoms. The maximum Gasteiger partial charge on any atom is 0.277 e. The number of hydrogen-bond donors (Lipinski definition) is 1. The molecule has 1 aromatic heterocycles. The molecule has 0 unspecified atom stereocenters. The number of thiophene rings is 1. The fourth-order valence-corrected chi connectivity index (χ4v) is 2.68. The number of hydrazone groups is 1. The third kappa shape index (κ3) is 4.43. The van der Waals surface area contributed by atoms with Crippen molar-refractivity contribution in [1.82, 2.24) is 5.43 Å². The highest BCUT2D eigenvalue weighted by atomic mass is 32.1. The second-order valence-corrected chi connectivity index (χ2v) is 5.80. The van der Waals surface area contributed by atoms with Crippen molar-refractivity contribution in [1.29, 1.82) is 0 Å². The van der Waals surface area contributed by atoms with Crippen LogP contribution in [0.15, 0.2) is 34.7 Å². The van der Waals surface area contributed by atoms with E-state index in [1.54, 1.807) is 17.6 Å². The molecule has 2 rings (SSSR count). The van der Waals surface area contributed by atoms with Gasteiger partial charge >= 0.3 is 0 Å².